The van der Waals surface area contributed by atoms with Crippen molar-refractivity contribution in [2.24, 2.45) is 0 Å². The lowest BCUT2D eigenvalue weighted by Crippen LogP contribution is -2.28. The summed E-state index contributed by atoms with van der Waals surface area (Å²) >= 11 is 1.88. The Hall–Kier alpha value is -6.02. The molecule has 232 valence electrons. The summed E-state index contributed by atoms with van der Waals surface area (Å²) in [5, 5.41) is 10.5. The Labute approximate surface area is 294 Å². The molecular weight excluding hydrogens is 621 g/mol. The summed E-state index contributed by atoms with van der Waals surface area (Å²) in [6.07, 6.45) is 0. The predicted octanol–water partition coefficient (Wildman–Crippen LogP) is 13.5. The fourth-order valence-electron chi connectivity index (χ4n) is 8.98. The van der Waals surface area contributed by atoms with Crippen molar-refractivity contribution < 1.29 is 0 Å². The maximum atomic E-state index is 2.49. The maximum absolute atomic E-state index is 2.49. The minimum Gasteiger partial charge on any atom is -0.135 e. The van der Waals surface area contributed by atoms with E-state index in [1.807, 2.05) is 11.3 Å². The summed E-state index contributed by atoms with van der Waals surface area (Å²) in [6.45, 7) is 0. The largest absolute Gasteiger partial charge is 0.135 e. The van der Waals surface area contributed by atoms with Crippen LogP contribution in [0.25, 0.3) is 74.7 Å². The molecule has 1 aromatic heterocycles. The van der Waals surface area contributed by atoms with Gasteiger partial charge in [-0.05, 0) is 107 Å². The molecule has 50 heavy (non-hydrogen) atoms. The van der Waals surface area contributed by atoms with Gasteiger partial charge in [0, 0.05) is 20.2 Å². The molecule has 1 atom stereocenters. The van der Waals surface area contributed by atoms with Crippen LogP contribution in [0.5, 0.6) is 0 Å². The lowest BCUT2D eigenvalue weighted by atomic mass is 9.67. The molecule has 0 radical (unpaired) electrons. The van der Waals surface area contributed by atoms with Crippen LogP contribution in [0.1, 0.15) is 22.3 Å². The third-order valence-electron chi connectivity index (χ3n) is 11.1. The third kappa shape index (κ3) is 3.76. The van der Waals surface area contributed by atoms with Crippen LogP contribution >= 0.6 is 11.3 Å². The lowest BCUT2D eigenvalue weighted by molar-refractivity contribution is 0.770. The first-order chi connectivity index (χ1) is 24.8. The molecule has 1 unspecified atom stereocenters. The smallest absolute Gasteiger partial charge is 0.0714 e. The fourth-order valence-corrected chi connectivity index (χ4v) is 10.1. The summed E-state index contributed by atoms with van der Waals surface area (Å²) in [6, 6.07) is 68.2. The standard InChI is InChI=1S/C49H30S/c1-2-12-33(13-3-1)49(34-24-27-48-44(30-34)42-19-9-11-21-47(42)50-48)45-20-10-8-18-40(45)41-26-23-32(29-46(41)49)31-22-25-39-37-16-5-4-14-35(37)36-15-6-7-17-38(36)43(39)28-31/h1-30H. The molecule has 1 aliphatic rings. The van der Waals surface area contributed by atoms with E-state index in [1.54, 1.807) is 0 Å². The van der Waals surface area contributed by atoms with Crippen molar-refractivity contribution in [1.82, 2.24) is 0 Å². The molecule has 0 saturated heterocycles. The molecular formula is C49H30S. The van der Waals surface area contributed by atoms with Crippen LogP contribution < -0.4 is 0 Å². The van der Waals surface area contributed by atoms with Crippen LogP contribution in [0.4, 0.5) is 0 Å². The Bertz CT molecular complexity index is 2950. The lowest BCUT2D eigenvalue weighted by Gasteiger charge is -2.34. The van der Waals surface area contributed by atoms with Crippen LogP contribution in [-0.2, 0) is 5.41 Å². The van der Waals surface area contributed by atoms with E-state index in [1.165, 1.54) is 97.0 Å². The molecule has 0 N–H and O–H groups in total. The highest BCUT2D eigenvalue weighted by Crippen LogP contribution is 2.57. The van der Waals surface area contributed by atoms with Crippen LogP contribution in [0.2, 0.25) is 0 Å². The van der Waals surface area contributed by atoms with Gasteiger partial charge in [0.25, 0.3) is 0 Å². The molecule has 1 aliphatic carbocycles. The summed E-state index contributed by atoms with van der Waals surface area (Å²) in [7, 11) is 0. The van der Waals surface area contributed by atoms with E-state index < -0.39 is 5.41 Å². The van der Waals surface area contributed by atoms with Gasteiger partial charge in [0.15, 0.2) is 0 Å². The first-order valence-electron chi connectivity index (χ1n) is 17.3. The van der Waals surface area contributed by atoms with Crippen molar-refractivity contribution in [3.05, 3.63) is 204 Å². The Morgan fingerprint density at radius 1 is 0.300 bits per heavy atom. The summed E-state index contributed by atoms with van der Waals surface area (Å²) in [5.74, 6) is 0. The van der Waals surface area contributed by atoms with Gasteiger partial charge in [0.1, 0.15) is 0 Å². The van der Waals surface area contributed by atoms with Gasteiger partial charge >= 0.3 is 0 Å². The molecule has 0 nitrogen and oxygen atoms in total. The van der Waals surface area contributed by atoms with Gasteiger partial charge in [-0.25, -0.2) is 0 Å². The van der Waals surface area contributed by atoms with Gasteiger partial charge in [0.2, 0.25) is 0 Å². The first kappa shape index (κ1) is 27.9. The average molecular weight is 651 g/mol. The number of hydrogen-bond donors (Lipinski definition) is 0. The van der Waals surface area contributed by atoms with Crippen molar-refractivity contribution in [3.63, 3.8) is 0 Å². The molecule has 1 heterocycles. The number of benzene rings is 9. The molecule has 0 amide bonds. The molecule has 1 heteroatoms. The molecule has 11 rings (SSSR count). The SMILES string of the molecule is c1ccc(C2(c3ccc4sc5ccccc5c4c3)c3ccccc3-c3ccc(-c4ccc5c6ccccc6c6ccccc6c5c4)cc32)cc1. The second-order valence-corrected chi connectivity index (χ2v) is 14.7. The Kier molecular flexibility index (Phi) is 5.85. The van der Waals surface area contributed by atoms with E-state index in [0.717, 1.165) is 0 Å². The quantitative estimate of drug-likeness (QED) is 0.167. The number of rotatable bonds is 3. The highest BCUT2D eigenvalue weighted by molar-refractivity contribution is 7.25. The second kappa shape index (κ2) is 10.5. The van der Waals surface area contributed by atoms with Crippen molar-refractivity contribution in [3.8, 4) is 22.3 Å². The first-order valence-corrected chi connectivity index (χ1v) is 18.2. The van der Waals surface area contributed by atoms with Gasteiger partial charge in [-0.15, -0.1) is 11.3 Å². The van der Waals surface area contributed by atoms with Crippen molar-refractivity contribution in [1.29, 1.82) is 0 Å². The fraction of sp³-hybridized carbons (Fsp3) is 0.0204. The van der Waals surface area contributed by atoms with E-state index in [-0.39, 0.29) is 0 Å². The zero-order valence-corrected chi connectivity index (χ0v) is 28.0. The maximum Gasteiger partial charge on any atom is 0.0714 e. The van der Waals surface area contributed by atoms with Crippen molar-refractivity contribution in [2.45, 2.75) is 5.41 Å². The topological polar surface area (TPSA) is 0 Å². The zero-order chi connectivity index (χ0) is 32.8. The molecule has 0 aliphatic heterocycles. The van der Waals surface area contributed by atoms with Crippen molar-refractivity contribution in [2.75, 3.05) is 0 Å². The normalized spacial score (nSPS) is 15.3. The van der Waals surface area contributed by atoms with Crippen LogP contribution in [0.3, 0.4) is 0 Å². The van der Waals surface area contributed by atoms with E-state index >= 15 is 0 Å². The van der Waals surface area contributed by atoms with E-state index in [4.69, 9.17) is 0 Å². The number of thiophene rings is 1. The molecule has 0 saturated carbocycles. The Morgan fingerprint density at radius 3 is 1.64 bits per heavy atom. The zero-order valence-electron chi connectivity index (χ0n) is 27.2. The second-order valence-electron chi connectivity index (χ2n) is 13.6. The van der Waals surface area contributed by atoms with Crippen molar-refractivity contribution >= 4 is 63.8 Å². The van der Waals surface area contributed by atoms with E-state index in [2.05, 4.69) is 182 Å². The van der Waals surface area contributed by atoms with Gasteiger partial charge in [-0.1, -0.05) is 152 Å². The molecule has 0 spiro atoms. The van der Waals surface area contributed by atoms with E-state index in [0.29, 0.717) is 0 Å². The minimum absolute atomic E-state index is 0.472. The van der Waals surface area contributed by atoms with Gasteiger partial charge < -0.3 is 0 Å². The van der Waals surface area contributed by atoms with Gasteiger partial charge in [-0.2, -0.15) is 0 Å². The molecule has 0 bridgehead atoms. The van der Waals surface area contributed by atoms with Crippen LogP contribution in [-0.4, -0.2) is 0 Å². The number of fused-ring (bicyclic) bond motifs is 12. The molecule has 0 fully saturated rings. The van der Waals surface area contributed by atoms with Gasteiger partial charge in [0.05, 0.1) is 5.41 Å². The Morgan fingerprint density at radius 2 is 0.860 bits per heavy atom. The summed E-state index contributed by atoms with van der Waals surface area (Å²) in [4.78, 5) is 0. The highest BCUT2D eigenvalue weighted by Gasteiger charge is 2.46. The molecule has 10 aromatic rings. The Balaban J connectivity index is 1.21. The van der Waals surface area contributed by atoms with Crippen LogP contribution in [0, 0.1) is 0 Å². The third-order valence-corrected chi connectivity index (χ3v) is 12.3. The monoisotopic (exact) mass is 650 g/mol. The summed E-state index contributed by atoms with van der Waals surface area (Å²) in [5.41, 5.74) is 9.89. The van der Waals surface area contributed by atoms with E-state index in [9.17, 15) is 0 Å². The number of hydrogen-bond acceptors (Lipinski definition) is 1. The van der Waals surface area contributed by atoms with Gasteiger partial charge in [-0.3, -0.25) is 0 Å². The highest BCUT2D eigenvalue weighted by atomic mass is 32.1. The molecule has 9 aromatic carbocycles. The van der Waals surface area contributed by atoms with Crippen LogP contribution in [0.15, 0.2) is 182 Å². The minimum atomic E-state index is -0.472. The summed E-state index contributed by atoms with van der Waals surface area (Å²) < 4.78 is 2.66. The average Bonchev–Trinajstić information content (AvgIpc) is 3.71. The predicted molar refractivity (Wildman–Crippen MR) is 215 cm³/mol.